The monoisotopic (exact) mass is 1020 g/mol. The van der Waals surface area contributed by atoms with Crippen LogP contribution in [0, 0.1) is 0 Å². The van der Waals surface area contributed by atoms with Gasteiger partial charge in [0.25, 0.3) is 0 Å². The van der Waals surface area contributed by atoms with Crippen LogP contribution in [0.3, 0.4) is 0 Å². The van der Waals surface area contributed by atoms with Crippen molar-refractivity contribution in [2.75, 3.05) is 0 Å². The van der Waals surface area contributed by atoms with E-state index in [0.717, 1.165) is 0 Å². The quantitative estimate of drug-likeness (QED) is 0.174. The van der Waals surface area contributed by atoms with E-state index in [9.17, 15) is 29.7 Å². The lowest BCUT2D eigenvalue weighted by atomic mass is 9.78. The lowest BCUT2D eigenvalue weighted by molar-refractivity contribution is 0.0677. The van der Waals surface area contributed by atoms with Gasteiger partial charge in [0, 0.05) is 75.4 Å². The predicted molar refractivity (Wildman–Crippen MR) is 257 cm³/mol. The molecule has 0 bridgehead atoms. The van der Waals surface area contributed by atoms with Gasteiger partial charge in [0.2, 0.25) is 0 Å². The molecule has 0 fully saturated rings. The summed E-state index contributed by atoms with van der Waals surface area (Å²) in [7, 11) is 0. The molecule has 0 saturated carbocycles. The molecule has 7 nitrogen and oxygen atoms in total. The van der Waals surface area contributed by atoms with E-state index in [4.69, 9.17) is 0 Å². The number of aliphatic hydroxyl groups is 1. The number of rotatable bonds is 6. The lowest BCUT2D eigenvalue weighted by Crippen LogP contribution is -2.35. The second-order valence-corrected chi connectivity index (χ2v) is 38.6. The van der Waals surface area contributed by atoms with Gasteiger partial charge in [0.05, 0.1) is 41.2 Å². The lowest BCUT2D eigenvalue weighted by Gasteiger charge is -2.39. The predicted octanol–water partition coefficient (Wildman–Crippen LogP) is 14.7. The molecule has 0 saturated heterocycles. The summed E-state index contributed by atoms with van der Waals surface area (Å²) in [6.07, 6.45) is 0. The molecular weight excluding hydrogens is 977 g/mol. The van der Waals surface area contributed by atoms with E-state index in [1.807, 2.05) is 0 Å². The maximum Gasteiger partial charge on any atom is 0.338 e. The Balaban J connectivity index is 1.57. The van der Waals surface area contributed by atoms with Crippen LogP contribution in [0.5, 0.6) is 0 Å². The van der Waals surface area contributed by atoms with Gasteiger partial charge >= 0.3 is 17.9 Å². The molecule has 3 aromatic carbocycles. The molecular formula is C40H40O7S12. The van der Waals surface area contributed by atoms with E-state index in [0.29, 0.717) is 75.4 Å². The molecule has 6 heterocycles. The molecule has 6 aliphatic heterocycles. The van der Waals surface area contributed by atoms with Crippen LogP contribution in [0.4, 0.5) is 0 Å². The van der Waals surface area contributed by atoms with Crippen LogP contribution in [-0.4, -0.2) is 62.8 Å². The Hall–Kier alpha value is 0.230. The van der Waals surface area contributed by atoms with Gasteiger partial charge in [-0.3, -0.25) is 0 Å². The minimum atomic E-state index is -2.02. The van der Waals surface area contributed by atoms with Crippen LogP contribution >= 0.6 is 141 Å². The third-order valence-corrected chi connectivity index (χ3v) is 26.9. The van der Waals surface area contributed by atoms with Gasteiger partial charge in [-0.25, -0.2) is 14.4 Å². The Morgan fingerprint density at radius 3 is 0.593 bits per heavy atom. The average Bonchev–Trinajstić information content (AvgIpc) is 3.85. The highest BCUT2D eigenvalue weighted by molar-refractivity contribution is 8.23. The van der Waals surface area contributed by atoms with Gasteiger partial charge in [-0.1, -0.05) is 0 Å². The summed E-state index contributed by atoms with van der Waals surface area (Å²) >= 11 is 18.4. The summed E-state index contributed by atoms with van der Waals surface area (Å²) in [5.41, 5.74) is 0.534. The van der Waals surface area contributed by atoms with Gasteiger partial charge in [-0.15, -0.1) is 141 Å². The maximum absolute atomic E-state index is 15.3. The third-order valence-electron chi connectivity index (χ3n) is 9.86. The van der Waals surface area contributed by atoms with Gasteiger partial charge in [-0.05, 0) is 83.1 Å². The Morgan fingerprint density at radius 2 is 0.458 bits per heavy atom. The van der Waals surface area contributed by atoms with Crippen LogP contribution in [0.1, 0.15) is 131 Å². The first-order valence-electron chi connectivity index (χ1n) is 18.4. The number of benzene rings is 3. The van der Waals surface area contributed by atoms with E-state index in [1.54, 1.807) is 70.6 Å². The molecule has 314 valence electrons. The SMILES string of the molecule is CC1(C)Sc2c(c(C(O)(c3c4c(c(C(=O)O)c5c3SC(C)(C)S5)SC(C)(C)S4)c3c4c(c(C(=O)O)c5c3SC(C)(C)S5)SC(C)(C)S4)c3c(c2C(=O)O)SC(C)(C)S3)S1. The Labute approximate surface area is 395 Å². The van der Waals surface area contributed by atoms with Crippen molar-refractivity contribution >= 4 is 159 Å². The average molecular weight is 1020 g/mol. The van der Waals surface area contributed by atoms with Gasteiger partial charge in [0.15, 0.2) is 0 Å². The zero-order valence-electron chi connectivity index (χ0n) is 33.9. The summed E-state index contributed by atoms with van der Waals surface area (Å²) in [6, 6.07) is 0. The number of carboxylic acid groups (broad SMARTS) is 3. The number of carbonyl (C=O) groups is 3. The van der Waals surface area contributed by atoms with E-state index in [2.05, 4.69) is 83.1 Å². The summed E-state index contributed by atoms with van der Waals surface area (Å²) in [5.74, 6) is -3.06. The van der Waals surface area contributed by atoms with E-state index in [1.165, 1.54) is 70.6 Å². The number of hydrogen-bond acceptors (Lipinski definition) is 16. The van der Waals surface area contributed by atoms with Crippen molar-refractivity contribution in [1.82, 2.24) is 0 Å². The van der Waals surface area contributed by atoms with E-state index >= 15 is 5.11 Å². The normalized spacial score (nSPS) is 22.7. The third kappa shape index (κ3) is 7.00. The molecule has 0 spiro atoms. The summed E-state index contributed by atoms with van der Waals surface area (Å²) < 4.78 is -2.95. The number of aromatic carboxylic acids is 3. The molecule has 0 amide bonds. The summed E-state index contributed by atoms with van der Waals surface area (Å²) in [5, 5.41) is 48.5. The molecule has 4 N–H and O–H groups in total. The first kappa shape index (κ1) is 44.4. The van der Waals surface area contributed by atoms with Crippen molar-refractivity contribution in [2.24, 2.45) is 0 Å². The largest absolute Gasteiger partial charge is 0.478 e. The molecule has 19 heteroatoms. The van der Waals surface area contributed by atoms with Crippen molar-refractivity contribution < 1.29 is 34.8 Å². The standard InChI is InChI=1S/C40H40O7S12/c1-34(2)48-19-13(31(41)42)20-26(55-35(3,4)49-20)16(25(19)54-34)40(47,17-27-21(50-36(5,6)56-27)14(32(43)44)22-28(17)57-37(7,8)51-22)18-29-23(52-38(9,10)58-29)15(33(45)46)24-30(18)59-39(11,12)53-24/h47H,1-12H3,(H,41,42)(H,43,44)(H,45,46). The fraction of sp³-hybridized carbons (Fsp3) is 0.475. The van der Waals surface area contributed by atoms with Gasteiger partial charge < -0.3 is 20.4 Å². The van der Waals surface area contributed by atoms with Crippen molar-refractivity contribution in [3.8, 4) is 0 Å². The first-order chi connectivity index (χ1) is 27.0. The second kappa shape index (κ2) is 13.9. The molecule has 0 unspecified atom stereocenters. The van der Waals surface area contributed by atoms with Crippen molar-refractivity contribution in [3.05, 3.63) is 33.4 Å². The zero-order chi connectivity index (χ0) is 43.1. The fourth-order valence-corrected chi connectivity index (χ4v) is 26.2. The number of fused-ring (bicyclic) bond motifs is 6. The van der Waals surface area contributed by atoms with Crippen LogP contribution < -0.4 is 0 Å². The highest BCUT2D eigenvalue weighted by Gasteiger charge is 2.58. The minimum Gasteiger partial charge on any atom is -0.478 e. The topological polar surface area (TPSA) is 132 Å². The van der Waals surface area contributed by atoms with E-state index < -0.39 is 48.0 Å². The Kier molecular flexibility index (Phi) is 10.5. The maximum atomic E-state index is 15.3. The molecule has 59 heavy (non-hydrogen) atoms. The van der Waals surface area contributed by atoms with Crippen LogP contribution in [0.15, 0.2) is 58.7 Å². The van der Waals surface area contributed by atoms with Crippen molar-refractivity contribution in [3.63, 3.8) is 0 Å². The van der Waals surface area contributed by atoms with Crippen LogP contribution in [0.25, 0.3) is 0 Å². The van der Waals surface area contributed by atoms with Crippen LogP contribution in [-0.2, 0) is 5.60 Å². The number of hydrogen-bond donors (Lipinski definition) is 4. The minimum absolute atomic E-state index is 0.245. The second-order valence-electron chi connectivity index (χ2n) is 17.4. The summed E-state index contributed by atoms with van der Waals surface area (Å²) in [4.78, 5) is 48.4. The number of thioether (sulfide) groups is 12. The van der Waals surface area contributed by atoms with Crippen molar-refractivity contribution in [1.29, 1.82) is 0 Å². The van der Waals surface area contributed by atoms with Crippen molar-refractivity contribution in [2.45, 2.75) is 172 Å². The molecule has 3 aromatic rings. The van der Waals surface area contributed by atoms with Crippen LogP contribution in [0.2, 0.25) is 0 Å². The Morgan fingerprint density at radius 1 is 0.322 bits per heavy atom. The highest BCUT2D eigenvalue weighted by Crippen LogP contribution is 2.75. The molecule has 0 aromatic heterocycles. The summed E-state index contributed by atoms with van der Waals surface area (Å²) in [6.45, 7) is 24.9. The molecule has 6 aliphatic rings. The fourth-order valence-electron chi connectivity index (χ4n) is 8.17. The molecule has 0 aliphatic carbocycles. The highest BCUT2D eigenvalue weighted by atomic mass is 32.2. The number of carboxylic acids is 3. The zero-order valence-corrected chi connectivity index (χ0v) is 43.7. The molecule has 0 radical (unpaired) electrons. The Bertz CT molecular complexity index is 2130. The molecule has 9 rings (SSSR count). The van der Waals surface area contributed by atoms with Gasteiger partial charge in [0.1, 0.15) is 5.60 Å². The first-order valence-corrected chi connectivity index (χ1v) is 28.2. The van der Waals surface area contributed by atoms with E-state index in [-0.39, 0.29) is 16.7 Å². The molecule has 0 atom stereocenters. The smallest absolute Gasteiger partial charge is 0.338 e. The van der Waals surface area contributed by atoms with Gasteiger partial charge in [-0.2, -0.15) is 0 Å².